The van der Waals surface area contributed by atoms with Crippen molar-refractivity contribution in [2.24, 2.45) is 0 Å². The van der Waals surface area contributed by atoms with E-state index in [-0.39, 0.29) is 54.3 Å². The van der Waals surface area contributed by atoms with E-state index in [1.165, 1.54) is 30.2 Å². The smallest absolute Gasteiger partial charge is 0.375 e. The minimum Gasteiger partial charge on any atom is -0.476 e. The number of Topliss-reactive ketones (excluding diaryl/α,β-unsaturated/α-hetero) is 4. The molecule has 0 aliphatic rings. The number of carboxylic acids is 1. The molecule has 34 heteroatoms. The molecule has 16 rings (SSSR count). The predicted octanol–water partition coefficient (Wildman–Crippen LogP) is 17.3. The van der Waals surface area contributed by atoms with Gasteiger partial charge in [-0.2, -0.15) is 25.5 Å². The Kier molecular flexibility index (Phi) is 43.4. The number of H-pyrrole nitrogens is 7. The summed E-state index contributed by atoms with van der Waals surface area (Å²) in [6, 6.07) is 89.2. The van der Waals surface area contributed by atoms with Gasteiger partial charge in [-0.15, -0.1) is 0 Å². The summed E-state index contributed by atoms with van der Waals surface area (Å²) in [5.41, 5.74) is 12.3. The van der Waals surface area contributed by atoms with Crippen LogP contribution in [0.3, 0.4) is 0 Å². The number of carbonyl (C=O) groups is 10. The van der Waals surface area contributed by atoms with Gasteiger partial charge in [0, 0.05) is 108 Å². The maximum absolute atomic E-state index is 12.6. The van der Waals surface area contributed by atoms with Crippen molar-refractivity contribution in [3.63, 3.8) is 0 Å². The van der Waals surface area contributed by atoms with E-state index in [0.717, 1.165) is 90.5 Å². The molecule has 0 aliphatic carbocycles. The van der Waals surface area contributed by atoms with Gasteiger partial charge < -0.3 is 33.9 Å². The molecule has 0 saturated heterocycles. The highest BCUT2D eigenvalue weighted by Crippen LogP contribution is 2.25. The number of nitrogens with one attached hydrogen (secondary N) is 7. The van der Waals surface area contributed by atoms with Crippen LogP contribution in [0.25, 0.3) is 21.5 Å². The summed E-state index contributed by atoms with van der Waals surface area (Å²) in [6.45, 7) is 10.6. The van der Waals surface area contributed by atoms with Crippen molar-refractivity contribution in [2.45, 2.75) is 106 Å². The van der Waals surface area contributed by atoms with E-state index in [0.29, 0.717) is 89.6 Å². The number of carbonyl (C=O) groups excluding carboxylic acids is 9. The van der Waals surface area contributed by atoms with Gasteiger partial charge >= 0.3 is 46.9 Å². The first-order valence-corrected chi connectivity index (χ1v) is 45.2. The molecule has 0 unspecified atom stereocenters. The quantitative estimate of drug-likeness (QED) is 0.00897. The maximum Gasteiger partial charge on any atom is 0.375 e. The van der Waals surface area contributed by atoms with Gasteiger partial charge in [0.2, 0.25) is 17.0 Å². The van der Waals surface area contributed by atoms with Crippen LogP contribution in [0.1, 0.15) is 169 Å². The molecule has 8 N–H and O–H groups in total. The van der Waals surface area contributed by atoms with E-state index in [2.05, 4.69) is 101 Å². The number of esters is 5. The van der Waals surface area contributed by atoms with Crippen LogP contribution in [0.15, 0.2) is 300 Å². The van der Waals surface area contributed by atoms with Crippen LogP contribution >= 0.6 is 34.8 Å². The van der Waals surface area contributed by atoms with Gasteiger partial charge in [-0.3, -0.25) is 59.1 Å². The molecule has 0 saturated carbocycles. The molecular weight excluding hydrogens is 1850 g/mol. The summed E-state index contributed by atoms with van der Waals surface area (Å²) in [4.78, 5) is 145. The molecule has 140 heavy (non-hydrogen) atoms. The number of aryl methyl sites for hydroxylation is 2. The van der Waals surface area contributed by atoms with Crippen molar-refractivity contribution < 1.29 is 76.7 Å². The lowest BCUT2D eigenvalue weighted by atomic mass is 10.0. The lowest BCUT2D eigenvalue weighted by Gasteiger charge is -2.07. The summed E-state index contributed by atoms with van der Waals surface area (Å²) in [7, 11) is 0. The van der Waals surface area contributed by atoms with Gasteiger partial charge in [0.25, 0.3) is 0 Å². The molecule has 0 bridgehead atoms. The number of hydrogen-bond acceptors (Lipinski definition) is 23. The van der Waals surface area contributed by atoms with Crippen LogP contribution in [-0.2, 0) is 106 Å². The number of halogens is 3. The molecule has 0 radical (unpaired) electrons. The van der Waals surface area contributed by atoms with Gasteiger partial charge in [-0.05, 0) is 174 Å². The summed E-state index contributed by atoms with van der Waals surface area (Å²) in [6.07, 6.45) is 4.81. The van der Waals surface area contributed by atoms with Crippen LogP contribution in [-0.4, -0.2) is 152 Å². The lowest BCUT2D eigenvalue weighted by Crippen LogP contribution is -2.27. The molecule has 0 spiro atoms. The Morgan fingerprint density at radius 2 is 0.743 bits per heavy atom. The highest BCUT2D eigenvalue weighted by molar-refractivity contribution is 6.37. The molecule has 0 fully saturated rings. The Morgan fingerprint density at radius 1 is 0.343 bits per heavy atom. The highest BCUT2D eigenvalue weighted by Gasteiger charge is 2.22. The molecule has 6 aromatic heterocycles. The fourth-order valence-electron chi connectivity index (χ4n) is 13.1. The number of aromatic carboxylic acids is 1. The third kappa shape index (κ3) is 36.9. The zero-order chi connectivity index (χ0) is 101. The summed E-state index contributed by atoms with van der Waals surface area (Å²) in [5.74, 6) is -5.83. The zero-order valence-corrected chi connectivity index (χ0v) is 79.5. The van der Waals surface area contributed by atoms with Crippen molar-refractivity contribution in [1.82, 2.24) is 61.2 Å². The van der Waals surface area contributed by atoms with E-state index >= 15 is 0 Å². The number of ketones is 4. The molecule has 6 heterocycles. The van der Waals surface area contributed by atoms with Gasteiger partial charge in [0.1, 0.15) is 11.6 Å². The molecule has 720 valence electrons. The number of ether oxygens (including phenoxy) is 5. The number of carboxylic acid groups (broad SMARTS) is 1. The van der Waals surface area contributed by atoms with Crippen molar-refractivity contribution in [1.29, 1.82) is 0 Å². The van der Waals surface area contributed by atoms with Crippen LogP contribution in [0, 0.1) is 0 Å². The zero-order valence-electron chi connectivity index (χ0n) is 77.2. The summed E-state index contributed by atoms with van der Waals surface area (Å²) in [5, 5.41) is 53.7. The average Bonchev–Trinajstić information content (AvgIpc) is 1.31. The van der Waals surface area contributed by atoms with Crippen LogP contribution in [0.4, 0.5) is 0 Å². The number of benzene rings is 10. The summed E-state index contributed by atoms with van der Waals surface area (Å²) < 4.78 is 23.9. The number of nitrogens with zero attached hydrogens (tertiary/aromatic N) is 5. The number of fused-ring (bicyclic) bond motifs is 2. The second-order valence-corrected chi connectivity index (χ2v) is 31.9. The SMILES string of the molecule is CC(=O)Cc1ccc(Cl)cc1.CCOC(=O)C(=O)CC(=O)Cc1ccc(Cl)cc1.CCOC(=O)C(C)=O.CCOC(=O)c1cc(Cc2ccc(Cl)cc2)[nH]n1.CCOC(=O)c1cc(Cc2ccccc2)[nH]n1.O=C(O)c1cc(Cc2ccccc2)[nH]n1.O=C(Oc1cc(Cc2cccc3ccccc23)n[nH]c1=O)c1cc(CCc2ccccc2)[nH]n1.O=c1cc(Cc2cccc3ccccc23)[nH][nH]c1=O. The largest absolute Gasteiger partial charge is 0.476 e. The number of hydrogen-bond donors (Lipinski definition) is 8. The van der Waals surface area contributed by atoms with E-state index in [1.54, 1.807) is 95.3 Å². The third-order valence-electron chi connectivity index (χ3n) is 19.7. The molecule has 0 aliphatic heterocycles. The normalized spacial score (nSPS) is 10.3. The standard InChI is InChI=1S/C27H22N4O3.C15H12N2O2.C13H13ClN2O2.C13H13ClO4.C13H14N2O2.C11H10N2O2.C9H9ClO.C5H8O3/c32-26-25(17-22(29-31-26)15-20-11-6-10-19-9-4-5-12-23(19)20)34-27(33)24-16-21(28-30-24)14-13-18-7-2-1-3-8-18;18-14-9-12(16-17-15(14)19)8-11-6-3-5-10-4-1-2-7-13(10)11;1-2-18-13(17)12-8-11(15-16-12)7-9-3-5-10(14)6-4-9;1-2-18-13(17)12(16)8-11(15)7-9-3-5-10(14)6-4-9;1-2-17-13(16)12-9-11(14-15-12)8-10-6-4-3-5-7-10;14-11(15)10-7-9(12-13-10)6-8-4-2-1-3-5-8;1-7(11)6-8-2-4-9(10)5-3-8;1-3-8-5(7)4(2)6/h1-12,16-17H,13-15H2,(H,28,30)(H,31,32);1-7,9H,8H2,(H,16,18)(H,17,19);3-6,8H,2,7H2,1H3,(H,15,16);3-6H,2,7-8H2,1H3;3-7,9H,2,8H2,1H3,(H,14,15);1-5,7H,6H2,(H,12,13)(H,14,15);2-5H,6H2,1H3;3H2,1-2H3. The molecule has 0 atom stereocenters. The lowest BCUT2D eigenvalue weighted by molar-refractivity contribution is -0.154. The first-order chi connectivity index (χ1) is 67.5. The van der Waals surface area contributed by atoms with E-state index < -0.39 is 64.4 Å². The van der Waals surface area contributed by atoms with Crippen LogP contribution < -0.4 is 21.3 Å². The third-order valence-corrected chi connectivity index (χ3v) is 20.5. The second kappa shape index (κ2) is 56.7. The van der Waals surface area contributed by atoms with E-state index in [4.69, 9.17) is 54.1 Å². The fourth-order valence-corrected chi connectivity index (χ4v) is 13.5. The van der Waals surface area contributed by atoms with Crippen molar-refractivity contribution in [3.8, 4) is 5.75 Å². The first-order valence-electron chi connectivity index (χ1n) is 44.1. The highest BCUT2D eigenvalue weighted by atomic mass is 35.5. The van der Waals surface area contributed by atoms with Gasteiger partial charge in [0.05, 0.1) is 38.5 Å². The number of aromatic nitrogens is 12. The Balaban J connectivity index is 0.000000185. The fraction of sp³-hybridized carbons (Fsp3) is 0.189. The van der Waals surface area contributed by atoms with Crippen molar-refractivity contribution >= 4 is 115 Å². The molecule has 31 nitrogen and oxygen atoms in total. The molecule has 0 amide bonds. The molecular formula is C106H101Cl3N12O19. The van der Waals surface area contributed by atoms with Crippen LogP contribution in [0.2, 0.25) is 15.1 Å². The minimum atomic E-state index is -1.01. The van der Waals surface area contributed by atoms with Gasteiger partial charge in [0.15, 0.2) is 28.5 Å². The predicted molar refractivity (Wildman–Crippen MR) is 530 cm³/mol. The maximum atomic E-state index is 12.6. The number of aromatic amines is 7. The topological polar surface area (TPSA) is 463 Å². The Morgan fingerprint density at radius 3 is 1.19 bits per heavy atom. The van der Waals surface area contributed by atoms with E-state index in [9.17, 15) is 62.3 Å². The summed E-state index contributed by atoms with van der Waals surface area (Å²) >= 11 is 17.2. The Bertz CT molecular complexity index is 6970. The average molecular weight is 1950 g/mol. The van der Waals surface area contributed by atoms with Crippen molar-refractivity contribution in [2.75, 3.05) is 26.4 Å². The van der Waals surface area contributed by atoms with Gasteiger partial charge in [-0.1, -0.05) is 247 Å². The first kappa shape index (κ1) is 107. The van der Waals surface area contributed by atoms with Gasteiger partial charge in [-0.25, -0.2) is 33.9 Å². The second-order valence-electron chi connectivity index (χ2n) is 30.6. The minimum absolute atomic E-state index is 0.0564. The van der Waals surface area contributed by atoms with Crippen LogP contribution in [0.5, 0.6) is 5.75 Å². The monoisotopic (exact) mass is 1950 g/mol. The molecule has 16 aromatic rings. The Labute approximate surface area is 818 Å². The Hall–Kier alpha value is -16.5. The molecule has 10 aromatic carbocycles. The number of rotatable bonds is 30. The van der Waals surface area contributed by atoms with Crippen molar-refractivity contribution in [3.05, 3.63) is 433 Å². The van der Waals surface area contributed by atoms with E-state index in [1.807, 2.05) is 182 Å².